The summed E-state index contributed by atoms with van der Waals surface area (Å²) in [5.74, 6) is 1.04. The maximum atomic E-state index is 12.2. The molecule has 2 unspecified atom stereocenters. The molecule has 4 heterocycles. The first-order chi connectivity index (χ1) is 18.6. The summed E-state index contributed by atoms with van der Waals surface area (Å²) < 4.78 is 24.4. The van der Waals surface area contributed by atoms with Gasteiger partial charge in [0.1, 0.15) is 17.7 Å². The van der Waals surface area contributed by atoms with Gasteiger partial charge in [-0.3, -0.25) is 24.6 Å². The number of nitrogens with zero attached hydrogens (tertiary/aromatic N) is 3. The van der Waals surface area contributed by atoms with Gasteiger partial charge in [-0.2, -0.15) is 0 Å². The third-order valence-electron chi connectivity index (χ3n) is 6.35. The molecule has 0 aliphatic carbocycles. The first-order valence-corrected chi connectivity index (χ1v) is 14.7. The number of nitrogens with one attached hydrogen (secondary N) is 4. The normalized spacial score (nSPS) is 23.1. The first kappa shape index (κ1) is 28.6. The van der Waals surface area contributed by atoms with Crippen molar-refractivity contribution >= 4 is 50.8 Å². The predicted molar refractivity (Wildman–Crippen MR) is 150 cm³/mol. The van der Waals surface area contributed by atoms with Crippen molar-refractivity contribution in [2.24, 2.45) is 21.8 Å². The summed E-state index contributed by atoms with van der Waals surface area (Å²) in [7, 11) is -3.46. The minimum absolute atomic E-state index is 0.0308. The van der Waals surface area contributed by atoms with Crippen LogP contribution in [0.3, 0.4) is 0 Å². The third kappa shape index (κ3) is 8.05. The number of amides is 2. The molecule has 1 fully saturated rings. The topological polar surface area (TPSA) is 180 Å². The van der Waals surface area contributed by atoms with E-state index in [4.69, 9.17) is 17.3 Å². The van der Waals surface area contributed by atoms with E-state index >= 15 is 0 Å². The van der Waals surface area contributed by atoms with Crippen molar-refractivity contribution in [2.75, 3.05) is 38.2 Å². The fourth-order valence-corrected chi connectivity index (χ4v) is 5.29. The number of rotatable bonds is 6. The molecule has 1 saturated heterocycles. The Kier molecular flexibility index (Phi) is 9.28. The minimum Gasteiger partial charge on any atom is -0.397 e. The molecule has 208 valence electrons. The van der Waals surface area contributed by atoms with E-state index in [0.29, 0.717) is 36.0 Å². The fraction of sp³-hybridized carbons (Fsp3) is 0.400. The summed E-state index contributed by atoms with van der Waals surface area (Å²) >= 11 is 6.15. The number of anilines is 1. The molecule has 0 spiro atoms. The van der Waals surface area contributed by atoms with Gasteiger partial charge in [0.15, 0.2) is 0 Å². The first-order valence-electron chi connectivity index (χ1n) is 12.4. The lowest BCUT2D eigenvalue weighted by Crippen LogP contribution is -2.53. The number of sulfonamides is 1. The number of halogens is 1. The van der Waals surface area contributed by atoms with E-state index in [1.807, 2.05) is 24.3 Å². The number of pyridine rings is 1. The van der Waals surface area contributed by atoms with E-state index in [-0.39, 0.29) is 18.4 Å². The van der Waals surface area contributed by atoms with E-state index in [1.165, 1.54) is 12.4 Å². The average Bonchev–Trinajstić information content (AvgIpc) is 3.43. The highest BCUT2D eigenvalue weighted by Gasteiger charge is 2.30. The maximum Gasteiger partial charge on any atom is 0.245 e. The molecule has 0 saturated carbocycles. The van der Waals surface area contributed by atoms with Crippen LogP contribution in [-0.2, 0) is 26.0 Å². The summed E-state index contributed by atoms with van der Waals surface area (Å²) in [6.07, 6.45) is 5.67. The number of benzene rings is 1. The zero-order chi connectivity index (χ0) is 28.0. The van der Waals surface area contributed by atoms with Crippen LogP contribution in [0, 0.1) is 11.8 Å². The largest absolute Gasteiger partial charge is 0.397 e. The van der Waals surface area contributed by atoms with Crippen molar-refractivity contribution in [3.63, 3.8) is 0 Å². The molecule has 6 N–H and O–H groups in total. The van der Waals surface area contributed by atoms with Crippen molar-refractivity contribution in [3.8, 4) is 0 Å². The van der Waals surface area contributed by atoms with Gasteiger partial charge in [-0.05, 0) is 37.1 Å². The van der Waals surface area contributed by atoms with Gasteiger partial charge in [0.2, 0.25) is 21.8 Å². The lowest BCUT2D eigenvalue weighted by atomic mass is 9.96. The number of hydrogen-bond donors (Lipinski definition) is 5. The number of carbonyl (C=O) groups is 2. The molecule has 2 amide bonds. The van der Waals surface area contributed by atoms with Gasteiger partial charge in [0.25, 0.3) is 0 Å². The molecule has 1 aromatic heterocycles. The lowest BCUT2D eigenvalue weighted by Gasteiger charge is -2.24. The molecule has 0 radical (unpaired) electrons. The Hall–Kier alpha value is -3.39. The fourth-order valence-electron chi connectivity index (χ4n) is 4.37. The summed E-state index contributed by atoms with van der Waals surface area (Å²) in [6.45, 7) is 2.50. The van der Waals surface area contributed by atoms with Gasteiger partial charge in [-0.1, -0.05) is 29.8 Å². The van der Waals surface area contributed by atoms with Gasteiger partial charge >= 0.3 is 0 Å². The molecule has 12 nitrogen and oxygen atoms in total. The van der Waals surface area contributed by atoms with Crippen molar-refractivity contribution in [1.29, 1.82) is 0 Å². The lowest BCUT2D eigenvalue weighted by molar-refractivity contribution is -0.123. The summed E-state index contributed by atoms with van der Waals surface area (Å²) in [6, 6.07) is 8.40. The molecule has 1 aromatic carbocycles. The van der Waals surface area contributed by atoms with E-state index < -0.39 is 22.0 Å². The Labute approximate surface area is 232 Å². The zero-order valence-corrected chi connectivity index (χ0v) is 22.9. The Morgan fingerprint density at radius 3 is 2.54 bits per heavy atom. The van der Waals surface area contributed by atoms with Crippen molar-refractivity contribution in [1.82, 2.24) is 25.7 Å². The molecular weight excluding hydrogens is 544 g/mol. The SMILES string of the molecule is CS(=O)(=O)N[C@H]1CN=C(c2cncc(N)c2)NC1=O.O=C1NC(C2CCNC2)=NCC1Cc1ccccc1Cl. The summed E-state index contributed by atoms with van der Waals surface area (Å²) in [5, 5.41) is 9.51. The highest BCUT2D eigenvalue weighted by molar-refractivity contribution is 7.88. The van der Waals surface area contributed by atoms with Crippen molar-refractivity contribution in [2.45, 2.75) is 18.9 Å². The van der Waals surface area contributed by atoms with Crippen LogP contribution in [0.5, 0.6) is 0 Å². The number of nitrogen functional groups attached to an aromatic ring is 1. The van der Waals surface area contributed by atoms with Crippen LogP contribution in [0.1, 0.15) is 17.5 Å². The molecule has 3 aliphatic heterocycles. The molecule has 3 aliphatic rings. The van der Waals surface area contributed by atoms with E-state index in [0.717, 1.165) is 42.2 Å². The van der Waals surface area contributed by atoms with Crippen LogP contribution in [0.15, 0.2) is 52.7 Å². The third-order valence-corrected chi connectivity index (χ3v) is 7.44. The molecule has 0 bridgehead atoms. The second-order valence-electron chi connectivity index (χ2n) is 9.53. The molecular formula is C25H31ClN8O4S. The summed E-state index contributed by atoms with van der Waals surface area (Å²) in [5.41, 5.74) is 7.62. The number of amidine groups is 2. The van der Waals surface area contributed by atoms with Gasteiger partial charge in [0.05, 0.1) is 31.0 Å². The van der Waals surface area contributed by atoms with Crippen LogP contribution in [0.2, 0.25) is 5.02 Å². The number of aliphatic imine (C=N–C) groups is 2. The van der Waals surface area contributed by atoms with Crippen LogP contribution < -0.4 is 26.4 Å². The molecule has 2 aromatic rings. The van der Waals surface area contributed by atoms with Crippen LogP contribution >= 0.6 is 11.6 Å². The molecule has 5 rings (SSSR count). The van der Waals surface area contributed by atoms with Crippen molar-refractivity contribution < 1.29 is 18.0 Å². The number of carbonyl (C=O) groups excluding carboxylic acids is 2. The Morgan fingerprint density at radius 1 is 1.10 bits per heavy atom. The van der Waals surface area contributed by atoms with Gasteiger partial charge in [-0.15, -0.1) is 0 Å². The minimum atomic E-state index is -3.46. The standard InChI is InChI=1S/C15H18ClN3O.C10H13N5O3S/c16-13-4-2-1-3-10(13)7-12-9-18-14(19-15(12)20)11-5-6-17-8-11;1-19(17,18)15-8-5-13-9(14-10(8)16)6-2-7(11)4-12-3-6/h1-4,11-12,17H,5-9H2,(H,18,19,20);2-4,8,15H,5,11H2,1H3,(H,13,14,16)/t;8-/m.0/s1. The Balaban J connectivity index is 0.000000181. The average molecular weight is 575 g/mol. The molecule has 14 heteroatoms. The second kappa shape index (κ2) is 12.6. The number of hydrogen-bond acceptors (Lipinski definition) is 9. The summed E-state index contributed by atoms with van der Waals surface area (Å²) in [4.78, 5) is 36.6. The highest BCUT2D eigenvalue weighted by atomic mass is 35.5. The van der Waals surface area contributed by atoms with Crippen LogP contribution in [-0.4, -0.2) is 75.4 Å². The van der Waals surface area contributed by atoms with Gasteiger partial charge in [-0.25, -0.2) is 13.1 Å². The van der Waals surface area contributed by atoms with Gasteiger partial charge < -0.3 is 21.7 Å². The number of aromatic nitrogens is 1. The van der Waals surface area contributed by atoms with Crippen LogP contribution in [0.25, 0.3) is 0 Å². The van der Waals surface area contributed by atoms with Crippen molar-refractivity contribution in [3.05, 3.63) is 58.9 Å². The smallest absolute Gasteiger partial charge is 0.245 e. The maximum absolute atomic E-state index is 12.2. The van der Waals surface area contributed by atoms with E-state index in [9.17, 15) is 18.0 Å². The quantitative estimate of drug-likeness (QED) is 0.324. The predicted octanol–water partition coefficient (Wildman–Crippen LogP) is 0.0945. The second-order valence-corrected chi connectivity index (χ2v) is 11.7. The molecule has 3 atom stereocenters. The Morgan fingerprint density at radius 2 is 1.90 bits per heavy atom. The van der Waals surface area contributed by atoms with E-state index in [2.05, 4.69) is 35.6 Å². The Bertz CT molecular complexity index is 1390. The zero-order valence-electron chi connectivity index (χ0n) is 21.4. The monoisotopic (exact) mass is 574 g/mol. The highest BCUT2D eigenvalue weighted by Crippen LogP contribution is 2.21. The van der Waals surface area contributed by atoms with Gasteiger partial charge in [0, 0.05) is 35.4 Å². The molecule has 39 heavy (non-hydrogen) atoms. The van der Waals surface area contributed by atoms with E-state index in [1.54, 1.807) is 6.07 Å². The number of nitrogens with two attached hydrogens (primary N) is 1. The van der Waals surface area contributed by atoms with Crippen LogP contribution in [0.4, 0.5) is 5.69 Å².